The van der Waals surface area contributed by atoms with Crippen LogP contribution in [0.15, 0.2) is 18.2 Å². The molecule has 1 fully saturated rings. The third-order valence-corrected chi connectivity index (χ3v) is 2.72. The molecular weight excluding hydrogens is 242 g/mol. The van der Waals surface area contributed by atoms with E-state index in [1.807, 2.05) is 0 Å². The highest BCUT2D eigenvalue weighted by atomic mass is 19.1. The Kier molecular flexibility index (Phi) is 3.55. The molecule has 1 atom stereocenters. The highest BCUT2D eigenvalue weighted by Crippen LogP contribution is 2.09. The van der Waals surface area contributed by atoms with Crippen LogP contribution in [0, 0.1) is 11.6 Å². The zero-order valence-electron chi connectivity index (χ0n) is 9.50. The van der Waals surface area contributed by atoms with Gasteiger partial charge in [-0.1, -0.05) is 0 Å². The van der Waals surface area contributed by atoms with E-state index in [2.05, 4.69) is 10.6 Å². The van der Waals surface area contributed by atoms with Gasteiger partial charge in [-0.3, -0.25) is 9.59 Å². The van der Waals surface area contributed by atoms with E-state index >= 15 is 0 Å². The van der Waals surface area contributed by atoms with Gasteiger partial charge in [0.25, 0.3) is 5.91 Å². The molecule has 1 unspecified atom stereocenters. The Balaban J connectivity index is 2.09. The Hall–Kier alpha value is -1.98. The molecule has 0 spiro atoms. The molecular formula is C12H12F2N2O2. The lowest BCUT2D eigenvalue weighted by atomic mass is 10.1. The summed E-state index contributed by atoms with van der Waals surface area (Å²) in [7, 11) is 0. The maximum absolute atomic E-state index is 12.9. The Morgan fingerprint density at radius 2 is 1.94 bits per heavy atom. The number of halogens is 2. The van der Waals surface area contributed by atoms with Crippen molar-refractivity contribution in [3.8, 4) is 0 Å². The molecule has 0 bridgehead atoms. The Morgan fingerprint density at radius 1 is 1.28 bits per heavy atom. The average Bonchev–Trinajstić information content (AvgIpc) is 2.31. The second kappa shape index (κ2) is 5.12. The topological polar surface area (TPSA) is 58.2 Å². The number of rotatable bonds is 2. The Morgan fingerprint density at radius 3 is 2.56 bits per heavy atom. The second-order valence-corrected chi connectivity index (χ2v) is 4.12. The van der Waals surface area contributed by atoms with Gasteiger partial charge in [-0.2, -0.15) is 0 Å². The van der Waals surface area contributed by atoms with Crippen LogP contribution >= 0.6 is 0 Å². The number of piperidine rings is 1. The average molecular weight is 254 g/mol. The Labute approximate surface area is 102 Å². The van der Waals surface area contributed by atoms with Crippen LogP contribution in [0.3, 0.4) is 0 Å². The molecule has 4 nitrogen and oxygen atoms in total. The minimum absolute atomic E-state index is 0.133. The zero-order chi connectivity index (χ0) is 13.1. The molecule has 1 saturated heterocycles. The normalized spacial score (nSPS) is 19.2. The van der Waals surface area contributed by atoms with E-state index in [1.54, 1.807) is 0 Å². The van der Waals surface area contributed by atoms with Gasteiger partial charge in [0.1, 0.15) is 17.7 Å². The van der Waals surface area contributed by atoms with E-state index in [0.29, 0.717) is 19.0 Å². The van der Waals surface area contributed by atoms with Crippen molar-refractivity contribution in [3.05, 3.63) is 35.4 Å². The molecule has 1 heterocycles. The van der Waals surface area contributed by atoms with Crippen LogP contribution in [-0.2, 0) is 4.79 Å². The van der Waals surface area contributed by atoms with Crippen molar-refractivity contribution in [1.82, 2.24) is 10.6 Å². The van der Waals surface area contributed by atoms with Crippen molar-refractivity contribution in [3.63, 3.8) is 0 Å². The highest BCUT2D eigenvalue weighted by molar-refractivity contribution is 5.97. The molecule has 1 aliphatic heterocycles. The fourth-order valence-electron chi connectivity index (χ4n) is 1.84. The summed E-state index contributed by atoms with van der Waals surface area (Å²) >= 11 is 0. The number of carbonyl (C=O) groups excluding carboxylic acids is 2. The van der Waals surface area contributed by atoms with Gasteiger partial charge in [0, 0.05) is 18.2 Å². The quantitative estimate of drug-likeness (QED) is 0.826. The van der Waals surface area contributed by atoms with Gasteiger partial charge in [-0.05, 0) is 25.0 Å². The third-order valence-electron chi connectivity index (χ3n) is 2.72. The number of carbonyl (C=O) groups is 2. The minimum atomic E-state index is -0.826. The predicted molar refractivity (Wildman–Crippen MR) is 59.9 cm³/mol. The maximum atomic E-state index is 12.9. The van der Waals surface area contributed by atoms with Gasteiger partial charge >= 0.3 is 0 Å². The standard InChI is InChI=1S/C12H12F2N2O2/c13-8-4-7(5-9(14)6-8)11(17)16-10-2-1-3-15-12(10)18/h4-6,10H,1-3H2,(H,15,18)(H,16,17). The first-order valence-corrected chi connectivity index (χ1v) is 5.61. The van der Waals surface area contributed by atoms with Crippen LogP contribution in [-0.4, -0.2) is 24.4 Å². The first kappa shape index (κ1) is 12.5. The van der Waals surface area contributed by atoms with Gasteiger partial charge in [-0.15, -0.1) is 0 Å². The van der Waals surface area contributed by atoms with Crippen LogP contribution in [0.5, 0.6) is 0 Å². The number of hydrogen-bond donors (Lipinski definition) is 2. The van der Waals surface area contributed by atoms with Crippen LogP contribution < -0.4 is 10.6 Å². The summed E-state index contributed by atoms with van der Waals surface area (Å²) < 4.78 is 25.9. The maximum Gasteiger partial charge on any atom is 0.252 e. The van der Waals surface area contributed by atoms with E-state index in [1.165, 1.54) is 0 Å². The molecule has 0 saturated carbocycles. The highest BCUT2D eigenvalue weighted by Gasteiger charge is 2.24. The van der Waals surface area contributed by atoms with E-state index in [9.17, 15) is 18.4 Å². The van der Waals surface area contributed by atoms with E-state index in [-0.39, 0.29) is 11.5 Å². The first-order valence-electron chi connectivity index (χ1n) is 5.61. The lowest BCUT2D eigenvalue weighted by Gasteiger charge is -2.22. The monoisotopic (exact) mass is 254 g/mol. The van der Waals surface area contributed by atoms with Crippen LogP contribution in [0.25, 0.3) is 0 Å². The van der Waals surface area contributed by atoms with E-state index < -0.39 is 23.6 Å². The van der Waals surface area contributed by atoms with Crippen molar-refractivity contribution < 1.29 is 18.4 Å². The molecule has 6 heteroatoms. The molecule has 0 aromatic heterocycles. The van der Waals surface area contributed by atoms with E-state index in [0.717, 1.165) is 18.6 Å². The molecule has 0 radical (unpaired) electrons. The van der Waals surface area contributed by atoms with Gasteiger partial charge in [0.2, 0.25) is 5.91 Å². The molecule has 2 rings (SSSR count). The van der Waals surface area contributed by atoms with Crippen molar-refractivity contribution in [2.24, 2.45) is 0 Å². The molecule has 96 valence electrons. The van der Waals surface area contributed by atoms with Crippen molar-refractivity contribution in [2.45, 2.75) is 18.9 Å². The lowest BCUT2D eigenvalue weighted by Crippen LogP contribution is -2.50. The number of benzene rings is 1. The van der Waals surface area contributed by atoms with Gasteiger partial charge in [-0.25, -0.2) is 8.78 Å². The van der Waals surface area contributed by atoms with E-state index in [4.69, 9.17) is 0 Å². The summed E-state index contributed by atoms with van der Waals surface area (Å²) in [5, 5.41) is 5.06. The smallest absolute Gasteiger partial charge is 0.252 e. The number of hydrogen-bond acceptors (Lipinski definition) is 2. The number of nitrogens with one attached hydrogen (secondary N) is 2. The summed E-state index contributed by atoms with van der Waals surface area (Å²) in [6, 6.07) is 1.90. The van der Waals surface area contributed by atoms with Gasteiger partial charge in [0.05, 0.1) is 0 Å². The Bertz CT molecular complexity index is 471. The minimum Gasteiger partial charge on any atom is -0.354 e. The van der Waals surface area contributed by atoms with Crippen LogP contribution in [0.1, 0.15) is 23.2 Å². The molecule has 18 heavy (non-hydrogen) atoms. The summed E-state index contributed by atoms with van der Waals surface area (Å²) in [6.45, 7) is 0.583. The van der Waals surface area contributed by atoms with Crippen molar-refractivity contribution in [2.75, 3.05) is 6.54 Å². The second-order valence-electron chi connectivity index (χ2n) is 4.12. The molecule has 1 aromatic carbocycles. The van der Waals surface area contributed by atoms with Crippen molar-refractivity contribution in [1.29, 1.82) is 0 Å². The van der Waals surface area contributed by atoms with Crippen LogP contribution in [0.4, 0.5) is 8.78 Å². The largest absolute Gasteiger partial charge is 0.354 e. The molecule has 1 aromatic rings. The lowest BCUT2D eigenvalue weighted by molar-refractivity contribution is -0.124. The number of amides is 2. The van der Waals surface area contributed by atoms with Crippen molar-refractivity contribution >= 4 is 11.8 Å². The fourth-order valence-corrected chi connectivity index (χ4v) is 1.84. The van der Waals surface area contributed by atoms with Crippen LogP contribution in [0.2, 0.25) is 0 Å². The zero-order valence-corrected chi connectivity index (χ0v) is 9.50. The summed E-state index contributed by atoms with van der Waals surface area (Å²) in [5.74, 6) is -2.58. The molecule has 0 aliphatic carbocycles. The van der Waals surface area contributed by atoms with Gasteiger partial charge < -0.3 is 10.6 Å². The molecule has 2 N–H and O–H groups in total. The summed E-state index contributed by atoms with van der Waals surface area (Å²) in [6.07, 6.45) is 1.28. The first-order chi connectivity index (χ1) is 8.56. The third kappa shape index (κ3) is 2.82. The summed E-state index contributed by atoms with van der Waals surface area (Å²) in [5.41, 5.74) is -0.133. The summed E-state index contributed by atoms with van der Waals surface area (Å²) in [4.78, 5) is 23.2. The predicted octanol–water partition coefficient (Wildman–Crippen LogP) is 0.973. The fraction of sp³-hybridized carbons (Fsp3) is 0.333. The molecule has 2 amide bonds. The SMILES string of the molecule is O=C(NC1CCCNC1=O)c1cc(F)cc(F)c1. The van der Waals surface area contributed by atoms with Gasteiger partial charge in [0.15, 0.2) is 0 Å². The molecule has 1 aliphatic rings.